The maximum atomic E-state index is 11.5. The Hall–Kier alpha value is -1.82. The van der Waals surface area contributed by atoms with Gasteiger partial charge in [-0.25, -0.2) is 13.4 Å². The third kappa shape index (κ3) is 2.70. The van der Waals surface area contributed by atoms with Gasteiger partial charge in [0.15, 0.2) is 9.84 Å². The molecule has 1 heterocycles. The lowest BCUT2D eigenvalue weighted by atomic mass is 10.3. The quantitative estimate of drug-likeness (QED) is 0.937. The molecule has 0 aliphatic heterocycles. The van der Waals surface area contributed by atoms with E-state index >= 15 is 0 Å². The van der Waals surface area contributed by atoms with Crippen LogP contribution in [0.1, 0.15) is 18.5 Å². The summed E-state index contributed by atoms with van der Waals surface area (Å²) in [5.41, 5.74) is 1.83. The molecule has 0 atom stereocenters. The first kappa shape index (κ1) is 13.2. The molecule has 1 aromatic heterocycles. The van der Waals surface area contributed by atoms with Crippen LogP contribution in [-0.2, 0) is 9.84 Å². The zero-order chi connectivity index (χ0) is 14.3. The summed E-state index contributed by atoms with van der Waals surface area (Å²) >= 11 is 0. The third-order valence-electron chi connectivity index (χ3n) is 3.28. The van der Waals surface area contributed by atoms with Crippen molar-refractivity contribution >= 4 is 15.8 Å². The molecular weight excluding hydrogens is 274 g/mol. The van der Waals surface area contributed by atoms with Crippen molar-refractivity contribution in [2.45, 2.75) is 30.7 Å². The van der Waals surface area contributed by atoms with Crippen molar-refractivity contribution < 1.29 is 8.42 Å². The minimum atomic E-state index is -3.16. The molecule has 0 spiro atoms. The number of benzene rings is 1. The van der Waals surface area contributed by atoms with E-state index in [1.807, 2.05) is 17.7 Å². The highest BCUT2D eigenvalue weighted by Crippen LogP contribution is 2.26. The van der Waals surface area contributed by atoms with Gasteiger partial charge in [0.2, 0.25) is 5.95 Å². The molecule has 1 aliphatic rings. The lowest BCUT2D eigenvalue weighted by Gasteiger charge is -2.09. The van der Waals surface area contributed by atoms with E-state index in [2.05, 4.69) is 10.3 Å². The van der Waals surface area contributed by atoms with Crippen molar-refractivity contribution in [3.05, 3.63) is 36.2 Å². The topological polar surface area (TPSA) is 64.0 Å². The van der Waals surface area contributed by atoms with E-state index in [1.54, 1.807) is 24.3 Å². The van der Waals surface area contributed by atoms with Crippen molar-refractivity contribution in [1.29, 1.82) is 0 Å². The van der Waals surface area contributed by atoms with Crippen molar-refractivity contribution in [2.75, 3.05) is 11.6 Å². The van der Waals surface area contributed by atoms with Crippen LogP contribution in [0.4, 0.5) is 5.95 Å². The van der Waals surface area contributed by atoms with E-state index in [9.17, 15) is 8.42 Å². The van der Waals surface area contributed by atoms with Crippen molar-refractivity contribution in [3.8, 4) is 5.69 Å². The van der Waals surface area contributed by atoms with Crippen LogP contribution in [0.15, 0.2) is 35.4 Å². The Morgan fingerprint density at radius 3 is 2.45 bits per heavy atom. The molecular formula is C14H17N3O2S. The van der Waals surface area contributed by atoms with E-state index in [0.717, 1.165) is 17.3 Å². The number of imidazole rings is 1. The number of aryl methyl sites for hydroxylation is 1. The summed E-state index contributed by atoms with van der Waals surface area (Å²) in [6.07, 6.45) is 5.52. The molecule has 3 rings (SSSR count). The van der Waals surface area contributed by atoms with Crippen LogP contribution in [0.3, 0.4) is 0 Å². The lowest BCUT2D eigenvalue weighted by molar-refractivity contribution is 0.602. The van der Waals surface area contributed by atoms with Gasteiger partial charge in [-0.3, -0.25) is 4.57 Å². The predicted molar refractivity (Wildman–Crippen MR) is 78.1 cm³/mol. The van der Waals surface area contributed by atoms with Crippen LogP contribution >= 0.6 is 0 Å². The SMILES string of the molecule is Cc1cn(-c2ccc(S(C)(=O)=O)cc2)c(NC2CC2)n1. The molecule has 106 valence electrons. The van der Waals surface area contributed by atoms with Gasteiger partial charge >= 0.3 is 0 Å². The number of rotatable bonds is 4. The summed E-state index contributed by atoms with van der Waals surface area (Å²) in [5, 5.41) is 3.38. The molecule has 0 amide bonds. The predicted octanol–water partition coefficient (Wildman–Crippen LogP) is 2.16. The summed E-state index contributed by atoms with van der Waals surface area (Å²) < 4.78 is 24.9. The van der Waals surface area contributed by atoms with Gasteiger partial charge in [0, 0.05) is 24.2 Å². The molecule has 0 saturated heterocycles. The highest BCUT2D eigenvalue weighted by Gasteiger charge is 2.23. The summed E-state index contributed by atoms with van der Waals surface area (Å²) in [6.45, 7) is 1.94. The average molecular weight is 291 g/mol. The number of hydrogen-bond donors (Lipinski definition) is 1. The average Bonchev–Trinajstić information content (AvgIpc) is 3.11. The van der Waals surface area contributed by atoms with Crippen LogP contribution in [0, 0.1) is 6.92 Å². The summed E-state index contributed by atoms with van der Waals surface area (Å²) in [5.74, 6) is 0.817. The van der Waals surface area contributed by atoms with Gasteiger partial charge in [0.05, 0.1) is 10.6 Å². The fourth-order valence-corrected chi connectivity index (χ4v) is 2.69. The van der Waals surface area contributed by atoms with Crippen molar-refractivity contribution in [1.82, 2.24) is 9.55 Å². The van der Waals surface area contributed by atoms with Gasteiger partial charge in [0.25, 0.3) is 0 Å². The van der Waals surface area contributed by atoms with Gasteiger partial charge in [-0.1, -0.05) is 0 Å². The second-order valence-electron chi connectivity index (χ2n) is 5.26. The standard InChI is InChI=1S/C14H17N3O2S/c1-10-9-17(14(15-10)16-11-3-4-11)12-5-7-13(8-6-12)20(2,18)19/h5-9,11H,3-4H2,1-2H3,(H,15,16). The molecule has 1 aromatic carbocycles. The molecule has 1 fully saturated rings. The van der Waals surface area contributed by atoms with E-state index in [1.165, 1.54) is 19.1 Å². The van der Waals surface area contributed by atoms with E-state index in [-0.39, 0.29) is 0 Å². The van der Waals surface area contributed by atoms with Crippen molar-refractivity contribution in [2.24, 2.45) is 0 Å². The number of hydrogen-bond acceptors (Lipinski definition) is 4. The monoisotopic (exact) mass is 291 g/mol. The van der Waals surface area contributed by atoms with Crippen LogP contribution in [-0.4, -0.2) is 30.3 Å². The second-order valence-corrected chi connectivity index (χ2v) is 7.28. The van der Waals surface area contributed by atoms with E-state index < -0.39 is 9.84 Å². The Kier molecular flexibility index (Phi) is 3.05. The fourth-order valence-electron chi connectivity index (χ4n) is 2.06. The molecule has 0 radical (unpaired) electrons. The first-order valence-electron chi connectivity index (χ1n) is 6.56. The lowest BCUT2D eigenvalue weighted by Crippen LogP contribution is -2.07. The molecule has 1 saturated carbocycles. The molecule has 20 heavy (non-hydrogen) atoms. The van der Waals surface area contributed by atoms with E-state index in [4.69, 9.17) is 0 Å². The zero-order valence-corrected chi connectivity index (χ0v) is 12.3. The van der Waals surface area contributed by atoms with Crippen LogP contribution in [0.5, 0.6) is 0 Å². The van der Waals surface area contributed by atoms with Crippen LogP contribution < -0.4 is 5.32 Å². The highest BCUT2D eigenvalue weighted by atomic mass is 32.2. The Balaban J connectivity index is 1.96. The van der Waals surface area contributed by atoms with Crippen LogP contribution in [0.25, 0.3) is 5.69 Å². The minimum Gasteiger partial charge on any atom is -0.353 e. The van der Waals surface area contributed by atoms with Crippen molar-refractivity contribution in [3.63, 3.8) is 0 Å². The first-order valence-corrected chi connectivity index (χ1v) is 8.45. The number of nitrogens with one attached hydrogen (secondary N) is 1. The first-order chi connectivity index (χ1) is 9.43. The van der Waals surface area contributed by atoms with Gasteiger partial charge in [-0.2, -0.15) is 0 Å². The molecule has 1 aliphatic carbocycles. The number of sulfone groups is 1. The molecule has 5 nitrogen and oxygen atoms in total. The molecule has 0 bridgehead atoms. The summed E-state index contributed by atoms with van der Waals surface area (Å²) in [4.78, 5) is 4.80. The number of aromatic nitrogens is 2. The third-order valence-corrected chi connectivity index (χ3v) is 4.41. The molecule has 1 N–H and O–H groups in total. The molecule has 2 aromatic rings. The largest absolute Gasteiger partial charge is 0.353 e. The zero-order valence-electron chi connectivity index (χ0n) is 11.5. The molecule has 0 unspecified atom stereocenters. The van der Waals surface area contributed by atoms with Gasteiger partial charge in [-0.05, 0) is 44.0 Å². The highest BCUT2D eigenvalue weighted by molar-refractivity contribution is 7.90. The Morgan fingerprint density at radius 2 is 1.90 bits per heavy atom. The minimum absolute atomic E-state index is 0.329. The number of nitrogens with zero attached hydrogens (tertiary/aromatic N) is 2. The Labute approximate surface area is 118 Å². The smallest absolute Gasteiger partial charge is 0.207 e. The van der Waals surface area contributed by atoms with Gasteiger partial charge in [-0.15, -0.1) is 0 Å². The van der Waals surface area contributed by atoms with Gasteiger partial charge in [0.1, 0.15) is 0 Å². The maximum absolute atomic E-state index is 11.5. The maximum Gasteiger partial charge on any atom is 0.207 e. The van der Waals surface area contributed by atoms with E-state index in [0.29, 0.717) is 10.9 Å². The Morgan fingerprint density at radius 1 is 1.25 bits per heavy atom. The fraction of sp³-hybridized carbons (Fsp3) is 0.357. The summed E-state index contributed by atoms with van der Waals surface area (Å²) in [7, 11) is -3.16. The number of anilines is 1. The second kappa shape index (κ2) is 4.63. The normalized spacial score (nSPS) is 15.3. The molecule has 6 heteroatoms. The summed E-state index contributed by atoms with van der Waals surface area (Å²) in [6, 6.07) is 7.37. The Bertz CT molecular complexity index is 728. The van der Waals surface area contributed by atoms with Crippen LogP contribution in [0.2, 0.25) is 0 Å². The van der Waals surface area contributed by atoms with Gasteiger partial charge < -0.3 is 5.32 Å².